The first kappa shape index (κ1) is 38.0. The molecule has 4 heteroatoms. The molecular weight excluding hydrogens is 508 g/mol. The third-order valence-corrected chi connectivity index (χ3v) is 9.36. The van der Waals surface area contributed by atoms with Crippen LogP contribution in [0.25, 0.3) is 0 Å². The molecule has 0 amide bonds. The molecule has 0 spiro atoms. The second-order valence-electron chi connectivity index (χ2n) is 13.5. The van der Waals surface area contributed by atoms with E-state index in [9.17, 15) is 9.59 Å². The summed E-state index contributed by atoms with van der Waals surface area (Å²) in [5, 5.41) is 0. The average molecular weight is 579 g/mol. The molecule has 242 valence electrons. The summed E-state index contributed by atoms with van der Waals surface area (Å²) in [6, 6.07) is 0. The zero-order chi connectivity index (χ0) is 30.1. The summed E-state index contributed by atoms with van der Waals surface area (Å²) < 4.78 is 11.8. The number of hydrogen-bond donors (Lipinski definition) is 0. The summed E-state index contributed by atoms with van der Waals surface area (Å²) in [5.41, 5.74) is 0. The highest BCUT2D eigenvalue weighted by Crippen LogP contribution is 2.37. The fourth-order valence-electron chi connectivity index (χ4n) is 6.60. The van der Waals surface area contributed by atoms with Gasteiger partial charge in [0.25, 0.3) is 0 Å². The smallest absolute Gasteiger partial charge is 0.310 e. The average Bonchev–Trinajstić information content (AvgIpc) is 2.94. The van der Waals surface area contributed by atoms with E-state index in [1.807, 2.05) is 13.8 Å². The van der Waals surface area contributed by atoms with Gasteiger partial charge >= 0.3 is 11.9 Å². The molecule has 1 aliphatic carbocycles. The summed E-state index contributed by atoms with van der Waals surface area (Å²) in [5.74, 6) is -0.918. The van der Waals surface area contributed by atoms with Crippen LogP contribution in [-0.2, 0) is 19.1 Å². The van der Waals surface area contributed by atoms with Crippen LogP contribution in [0.5, 0.6) is 0 Å². The maximum Gasteiger partial charge on any atom is 0.310 e. The highest BCUT2D eigenvalue weighted by Gasteiger charge is 2.42. The number of esters is 2. The van der Waals surface area contributed by atoms with Crippen molar-refractivity contribution >= 4 is 11.9 Å². The maximum atomic E-state index is 13.2. The molecule has 0 aromatic rings. The van der Waals surface area contributed by atoms with E-state index < -0.39 is 0 Å². The number of hydrogen-bond acceptors (Lipinski definition) is 4. The molecule has 4 nitrogen and oxygen atoms in total. The van der Waals surface area contributed by atoms with E-state index in [0.29, 0.717) is 0 Å². The number of carbonyl (C=O) groups is 2. The van der Waals surface area contributed by atoms with Crippen molar-refractivity contribution in [3.63, 3.8) is 0 Å². The van der Waals surface area contributed by atoms with E-state index in [4.69, 9.17) is 9.47 Å². The lowest BCUT2D eigenvalue weighted by Gasteiger charge is -2.34. The molecule has 1 saturated carbocycles. The molecule has 0 aromatic heterocycles. The van der Waals surface area contributed by atoms with Crippen LogP contribution in [0.4, 0.5) is 0 Å². The Morgan fingerprint density at radius 1 is 0.561 bits per heavy atom. The summed E-state index contributed by atoms with van der Waals surface area (Å²) >= 11 is 0. The number of unbranched alkanes of at least 4 members (excludes halogenated alkanes) is 18. The van der Waals surface area contributed by atoms with E-state index in [0.717, 1.165) is 44.9 Å². The number of ether oxygens (including phenoxy) is 2. The molecule has 5 unspecified atom stereocenters. The molecule has 0 N–H and O–H groups in total. The van der Waals surface area contributed by atoms with E-state index in [2.05, 4.69) is 20.8 Å². The van der Waals surface area contributed by atoms with Crippen molar-refractivity contribution < 1.29 is 19.1 Å². The lowest BCUT2D eigenvalue weighted by Crippen LogP contribution is -2.41. The fraction of sp³-hybridized carbons (Fsp3) is 0.946. The number of rotatable bonds is 26. The van der Waals surface area contributed by atoms with Gasteiger partial charge < -0.3 is 9.47 Å². The highest BCUT2D eigenvalue weighted by atomic mass is 16.6. The van der Waals surface area contributed by atoms with Gasteiger partial charge in [-0.25, -0.2) is 0 Å². The summed E-state index contributed by atoms with van der Waals surface area (Å²) in [6.07, 6.45) is 30.5. The topological polar surface area (TPSA) is 52.6 Å². The van der Waals surface area contributed by atoms with Crippen LogP contribution < -0.4 is 0 Å². The van der Waals surface area contributed by atoms with Crippen LogP contribution in [0.15, 0.2) is 0 Å². The van der Waals surface area contributed by atoms with Gasteiger partial charge in [0.05, 0.1) is 24.0 Å². The molecule has 1 fully saturated rings. The minimum atomic E-state index is -0.365. The first-order valence-electron chi connectivity index (χ1n) is 18.3. The lowest BCUT2D eigenvalue weighted by atomic mass is 9.72. The third kappa shape index (κ3) is 19.0. The molecule has 0 radical (unpaired) electrons. The summed E-state index contributed by atoms with van der Waals surface area (Å²) in [7, 11) is 0. The lowest BCUT2D eigenvalue weighted by molar-refractivity contribution is -0.170. The van der Waals surface area contributed by atoms with E-state index in [-0.39, 0.29) is 41.9 Å². The zero-order valence-corrected chi connectivity index (χ0v) is 28.2. The molecule has 41 heavy (non-hydrogen) atoms. The normalized spacial score (nSPS) is 20.5. The Morgan fingerprint density at radius 3 is 1.34 bits per heavy atom. The molecule has 0 aliphatic heterocycles. The van der Waals surface area contributed by atoms with Crippen LogP contribution in [0.1, 0.15) is 195 Å². The Bertz CT molecular complexity index is 632. The van der Waals surface area contributed by atoms with E-state index in [1.54, 1.807) is 0 Å². The Kier molecular flexibility index (Phi) is 23.6. The standard InChI is InChI=1S/C37H70O4/c1-6-8-10-12-14-16-18-20-22-24-28-32(4)40-36(38)34-30-26-27-31(3)35(34)37(39)41-33(5)29-25-23-21-19-17-15-13-11-9-7-2/h31-35H,6-30H2,1-5H3. The minimum absolute atomic E-state index is 0.0827. The van der Waals surface area contributed by atoms with Gasteiger partial charge in [-0.2, -0.15) is 0 Å². The van der Waals surface area contributed by atoms with Crippen LogP contribution in [0.3, 0.4) is 0 Å². The molecule has 0 heterocycles. The molecule has 1 aliphatic rings. The van der Waals surface area contributed by atoms with Gasteiger partial charge in [0, 0.05) is 0 Å². The molecule has 0 saturated heterocycles. The third-order valence-electron chi connectivity index (χ3n) is 9.36. The van der Waals surface area contributed by atoms with Gasteiger partial charge in [0.2, 0.25) is 0 Å². The quantitative estimate of drug-likeness (QED) is 0.0756. The zero-order valence-electron chi connectivity index (χ0n) is 28.2. The SMILES string of the molecule is CCCCCCCCCCCCC(C)OC(=O)C1CCCC(C)C1C(=O)OC(C)CCCCCCCCCCCC. The van der Waals surface area contributed by atoms with Gasteiger partial charge in [-0.15, -0.1) is 0 Å². The first-order valence-corrected chi connectivity index (χ1v) is 18.3. The first-order chi connectivity index (χ1) is 19.9. The minimum Gasteiger partial charge on any atom is -0.462 e. The van der Waals surface area contributed by atoms with Crippen molar-refractivity contribution in [2.24, 2.45) is 17.8 Å². The Labute approximate surface area is 255 Å². The largest absolute Gasteiger partial charge is 0.462 e. The Balaban J connectivity index is 2.27. The van der Waals surface area contributed by atoms with E-state index >= 15 is 0 Å². The van der Waals surface area contributed by atoms with Crippen molar-refractivity contribution in [1.29, 1.82) is 0 Å². The van der Waals surface area contributed by atoms with Crippen molar-refractivity contribution in [2.75, 3.05) is 0 Å². The second kappa shape index (κ2) is 25.4. The van der Waals surface area contributed by atoms with Crippen molar-refractivity contribution in [2.45, 2.75) is 207 Å². The summed E-state index contributed by atoms with van der Waals surface area (Å²) in [4.78, 5) is 26.4. The van der Waals surface area contributed by atoms with Crippen molar-refractivity contribution in [3.8, 4) is 0 Å². The second-order valence-corrected chi connectivity index (χ2v) is 13.5. The van der Waals surface area contributed by atoms with Gasteiger partial charge in [-0.1, -0.05) is 143 Å². The number of carbonyl (C=O) groups excluding carboxylic acids is 2. The maximum absolute atomic E-state index is 13.2. The monoisotopic (exact) mass is 579 g/mol. The van der Waals surface area contributed by atoms with E-state index in [1.165, 1.54) is 116 Å². The van der Waals surface area contributed by atoms with Crippen LogP contribution >= 0.6 is 0 Å². The predicted molar refractivity (Wildman–Crippen MR) is 174 cm³/mol. The van der Waals surface area contributed by atoms with Gasteiger partial charge in [-0.05, 0) is 58.3 Å². The highest BCUT2D eigenvalue weighted by molar-refractivity contribution is 5.82. The molecule has 0 bridgehead atoms. The predicted octanol–water partition coefficient (Wildman–Crippen LogP) is 11.5. The Hall–Kier alpha value is -1.06. The summed E-state index contributed by atoms with van der Waals surface area (Å²) in [6.45, 7) is 10.7. The molecule has 0 aromatic carbocycles. The van der Waals surface area contributed by atoms with Crippen molar-refractivity contribution in [1.82, 2.24) is 0 Å². The fourth-order valence-corrected chi connectivity index (χ4v) is 6.60. The van der Waals surface area contributed by atoms with Gasteiger partial charge in [0.1, 0.15) is 0 Å². The molecular formula is C37H70O4. The van der Waals surface area contributed by atoms with Gasteiger partial charge in [-0.3, -0.25) is 9.59 Å². The van der Waals surface area contributed by atoms with Crippen LogP contribution in [0.2, 0.25) is 0 Å². The van der Waals surface area contributed by atoms with Crippen LogP contribution in [0, 0.1) is 17.8 Å². The molecule has 1 rings (SSSR count). The Morgan fingerprint density at radius 2 is 0.927 bits per heavy atom. The van der Waals surface area contributed by atoms with Crippen LogP contribution in [-0.4, -0.2) is 24.1 Å². The molecule has 5 atom stereocenters. The van der Waals surface area contributed by atoms with Crippen molar-refractivity contribution in [3.05, 3.63) is 0 Å². The van der Waals surface area contributed by atoms with Gasteiger partial charge in [0.15, 0.2) is 0 Å².